The van der Waals surface area contributed by atoms with Crippen molar-refractivity contribution in [2.75, 3.05) is 13.2 Å². The first kappa shape index (κ1) is 12.4. The minimum atomic E-state index is 0.177. The van der Waals surface area contributed by atoms with Gasteiger partial charge in [0.15, 0.2) is 0 Å². The van der Waals surface area contributed by atoms with Crippen molar-refractivity contribution in [2.24, 2.45) is 11.3 Å². The van der Waals surface area contributed by atoms with Crippen molar-refractivity contribution >= 4 is 0 Å². The Morgan fingerprint density at radius 3 is 2.56 bits per heavy atom. The van der Waals surface area contributed by atoms with Gasteiger partial charge in [-0.3, -0.25) is 0 Å². The lowest BCUT2D eigenvalue weighted by Crippen LogP contribution is -2.66. The molecule has 0 radical (unpaired) electrons. The van der Waals surface area contributed by atoms with Crippen LogP contribution in [0, 0.1) is 11.3 Å². The molecule has 2 rings (SSSR count). The Balaban J connectivity index is 1.93. The summed E-state index contributed by atoms with van der Waals surface area (Å²) in [7, 11) is 0. The van der Waals surface area contributed by atoms with Crippen LogP contribution in [0.1, 0.15) is 53.4 Å². The zero-order valence-corrected chi connectivity index (χ0v) is 11.3. The third-order valence-electron chi connectivity index (χ3n) is 4.11. The molecule has 2 heteroatoms. The van der Waals surface area contributed by atoms with E-state index < -0.39 is 0 Å². The fourth-order valence-electron chi connectivity index (χ4n) is 3.56. The Kier molecular flexibility index (Phi) is 3.33. The van der Waals surface area contributed by atoms with E-state index in [1.54, 1.807) is 0 Å². The summed E-state index contributed by atoms with van der Waals surface area (Å²) >= 11 is 0. The SMILES string of the molecule is CC(C)CCC1NCCOC12CC(C)(C)C2. The first-order valence-electron chi connectivity index (χ1n) is 6.81. The second kappa shape index (κ2) is 4.30. The highest BCUT2D eigenvalue weighted by molar-refractivity contribution is 5.09. The van der Waals surface area contributed by atoms with Crippen molar-refractivity contribution in [1.82, 2.24) is 5.32 Å². The minimum Gasteiger partial charge on any atom is -0.372 e. The topological polar surface area (TPSA) is 21.3 Å². The van der Waals surface area contributed by atoms with E-state index in [-0.39, 0.29) is 5.60 Å². The molecule has 1 N–H and O–H groups in total. The Morgan fingerprint density at radius 2 is 2.00 bits per heavy atom. The van der Waals surface area contributed by atoms with Crippen LogP contribution in [0.4, 0.5) is 0 Å². The number of ether oxygens (including phenoxy) is 1. The van der Waals surface area contributed by atoms with Crippen molar-refractivity contribution in [2.45, 2.75) is 65.0 Å². The van der Waals surface area contributed by atoms with Crippen LogP contribution in [0.5, 0.6) is 0 Å². The van der Waals surface area contributed by atoms with Gasteiger partial charge in [0.25, 0.3) is 0 Å². The summed E-state index contributed by atoms with van der Waals surface area (Å²) in [5.41, 5.74) is 0.672. The molecule has 94 valence electrons. The number of morpholine rings is 1. The van der Waals surface area contributed by atoms with Crippen LogP contribution in [-0.2, 0) is 4.74 Å². The van der Waals surface area contributed by atoms with Gasteiger partial charge in [0.1, 0.15) is 0 Å². The molecule has 2 aliphatic rings. The molecule has 0 aromatic carbocycles. The summed E-state index contributed by atoms with van der Waals surface area (Å²) in [5, 5.41) is 3.68. The molecule has 2 fully saturated rings. The second-order valence-corrected chi connectivity index (χ2v) is 6.91. The van der Waals surface area contributed by atoms with Gasteiger partial charge in [0, 0.05) is 12.6 Å². The number of nitrogens with one attached hydrogen (secondary N) is 1. The van der Waals surface area contributed by atoms with Crippen LogP contribution >= 0.6 is 0 Å². The minimum absolute atomic E-state index is 0.177. The molecule has 1 atom stereocenters. The Morgan fingerprint density at radius 1 is 1.31 bits per heavy atom. The van der Waals surface area contributed by atoms with Gasteiger partial charge >= 0.3 is 0 Å². The molecule has 1 aliphatic carbocycles. The summed E-state index contributed by atoms with van der Waals surface area (Å²) in [6, 6.07) is 0.594. The molecule has 0 amide bonds. The molecule has 1 unspecified atom stereocenters. The highest BCUT2D eigenvalue weighted by Crippen LogP contribution is 2.53. The van der Waals surface area contributed by atoms with Crippen LogP contribution in [0.15, 0.2) is 0 Å². The van der Waals surface area contributed by atoms with Crippen LogP contribution in [0.2, 0.25) is 0 Å². The molecule has 16 heavy (non-hydrogen) atoms. The highest BCUT2D eigenvalue weighted by Gasteiger charge is 2.55. The smallest absolute Gasteiger partial charge is 0.0845 e. The monoisotopic (exact) mass is 225 g/mol. The van der Waals surface area contributed by atoms with Gasteiger partial charge < -0.3 is 10.1 Å². The third kappa shape index (κ3) is 2.43. The number of hydrogen-bond acceptors (Lipinski definition) is 2. The maximum absolute atomic E-state index is 6.12. The Labute approximate surface area is 100 Å². The number of hydrogen-bond donors (Lipinski definition) is 1. The maximum Gasteiger partial charge on any atom is 0.0845 e. The highest BCUT2D eigenvalue weighted by atomic mass is 16.5. The van der Waals surface area contributed by atoms with Gasteiger partial charge in [-0.05, 0) is 37.0 Å². The predicted octanol–water partition coefficient (Wildman–Crippen LogP) is 2.97. The average Bonchev–Trinajstić information content (AvgIpc) is 2.13. The fourth-order valence-corrected chi connectivity index (χ4v) is 3.56. The molecule has 2 nitrogen and oxygen atoms in total. The summed E-state index contributed by atoms with van der Waals surface area (Å²) in [6.45, 7) is 11.3. The molecule has 0 bridgehead atoms. The van der Waals surface area contributed by atoms with E-state index in [9.17, 15) is 0 Å². The molecular formula is C14H27NO. The molecule has 1 saturated heterocycles. The Bertz CT molecular complexity index is 239. The van der Waals surface area contributed by atoms with Crippen molar-refractivity contribution in [3.8, 4) is 0 Å². The third-order valence-corrected chi connectivity index (χ3v) is 4.11. The predicted molar refractivity (Wildman–Crippen MR) is 67.6 cm³/mol. The maximum atomic E-state index is 6.12. The van der Waals surface area contributed by atoms with E-state index in [4.69, 9.17) is 4.74 Å². The fraction of sp³-hybridized carbons (Fsp3) is 1.00. The van der Waals surface area contributed by atoms with Gasteiger partial charge in [0.05, 0.1) is 12.2 Å². The second-order valence-electron chi connectivity index (χ2n) is 6.91. The lowest BCUT2D eigenvalue weighted by molar-refractivity contribution is -0.195. The molecule has 1 spiro atoms. The van der Waals surface area contributed by atoms with E-state index in [0.29, 0.717) is 11.5 Å². The van der Waals surface area contributed by atoms with Gasteiger partial charge in [-0.2, -0.15) is 0 Å². The summed E-state index contributed by atoms with van der Waals surface area (Å²) in [5.74, 6) is 0.800. The van der Waals surface area contributed by atoms with Gasteiger partial charge in [-0.25, -0.2) is 0 Å². The van der Waals surface area contributed by atoms with E-state index in [0.717, 1.165) is 19.1 Å². The largest absolute Gasteiger partial charge is 0.372 e. The van der Waals surface area contributed by atoms with Gasteiger partial charge in [-0.1, -0.05) is 27.7 Å². The van der Waals surface area contributed by atoms with E-state index >= 15 is 0 Å². The van der Waals surface area contributed by atoms with Crippen molar-refractivity contribution < 1.29 is 4.74 Å². The number of rotatable bonds is 3. The normalized spacial score (nSPS) is 31.7. The van der Waals surface area contributed by atoms with Gasteiger partial charge in [-0.15, -0.1) is 0 Å². The summed E-state index contributed by atoms with van der Waals surface area (Å²) in [6.07, 6.45) is 5.04. The van der Waals surface area contributed by atoms with E-state index in [2.05, 4.69) is 33.0 Å². The first-order valence-corrected chi connectivity index (χ1v) is 6.81. The summed E-state index contributed by atoms with van der Waals surface area (Å²) in [4.78, 5) is 0. The Hall–Kier alpha value is -0.0800. The quantitative estimate of drug-likeness (QED) is 0.797. The standard InChI is InChI=1S/C14H27NO/c1-11(2)5-6-12-14(16-8-7-15-12)9-13(3,4)10-14/h11-12,15H,5-10H2,1-4H3. The van der Waals surface area contributed by atoms with Crippen LogP contribution in [0.25, 0.3) is 0 Å². The zero-order chi connectivity index (χ0) is 11.8. The van der Waals surface area contributed by atoms with Crippen molar-refractivity contribution in [3.63, 3.8) is 0 Å². The van der Waals surface area contributed by atoms with E-state index in [1.807, 2.05) is 0 Å². The van der Waals surface area contributed by atoms with Crippen LogP contribution < -0.4 is 5.32 Å². The van der Waals surface area contributed by atoms with Crippen LogP contribution in [-0.4, -0.2) is 24.8 Å². The first-order chi connectivity index (χ1) is 7.44. The molecule has 0 aromatic heterocycles. The molecule has 1 heterocycles. The van der Waals surface area contributed by atoms with Gasteiger partial charge in [0.2, 0.25) is 0 Å². The lowest BCUT2D eigenvalue weighted by Gasteiger charge is -2.58. The molecule has 0 aromatic rings. The van der Waals surface area contributed by atoms with Crippen molar-refractivity contribution in [1.29, 1.82) is 0 Å². The van der Waals surface area contributed by atoms with Crippen LogP contribution in [0.3, 0.4) is 0 Å². The lowest BCUT2D eigenvalue weighted by atomic mass is 9.57. The summed E-state index contributed by atoms with van der Waals surface area (Å²) < 4.78 is 6.12. The average molecular weight is 225 g/mol. The zero-order valence-electron chi connectivity index (χ0n) is 11.3. The van der Waals surface area contributed by atoms with E-state index in [1.165, 1.54) is 25.7 Å². The molecule has 1 saturated carbocycles. The van der Waals surface area contributed by atoms with Crippen molar-refractivity contribution in [3.05, 3.63) is 0 Å². The molecule has 1 aliphatic heterocycles. The molecular weight excluding hydrogens is 198 g/mol.